The lowest BCUT2D eigenvalue weighted by Gasteiger charge is -2.25. The molecule has 0 unspecified atom stereocenters. The molecule has 0 N–H and O–H groups in total. The number of esters is 1. The van der Waals surface area contributed by atoms with Crippen molar-refractivity contribution in [2.24, 2.45) is 0 Å². The fourth-order valence-electron chi connectivity index (χ4n) is 3.32. The number of hydrogen-bond acceptors (Lipinski definition) is 6. The Morgan fingerprint density at radius 2 is 1.43 bits per heavy atom. The molecule has 3 rings (SSSR count). The summed E-state index contributed by atoms with van der Waals surface area (Å²) in [4.78, 5) is 17.8. The standard InChI is InChI=1S/C28H32ClNO6S/c1-20(2)36-30(18-27(31)35-28(3,4)5)37(32,33)26-16-10-23(11-17-26)22-8-14-25(15-9-22)34-19-21-6-12-24(29)13-7-21/h6-17,20H,18-19H2,1-5H3. The number of sulfonamides is 1. The zero-order chi connectivity index (χ0) is 27.2. The number of hydrogen-bond donors (Lipinski definition) is 0. The Morgan fingerprint density at radius 1 is 0.892 bits per heavy atom. The molecular formula is C28H32ClNO6S. The normalized spacial score (nSPS) is 12.1. The molecule has 0 amide bonds. The third-order valence-electron chi connectivity index (χ3n) is 4.93. The van der Waals surface area contributed by atoms with Crippen LogP contribution in [0.4, 0.5) is 0 Å². The van der Waals surface area contributed by atoms with Gasteiger partial charge in [-0.1, -0.05) is 52.5 Å². The quantitative estimate of drug-likeness (QED) is 0.221. The first kappa shape index (κ1) is 28.7. The monoisotopic (exact) mass is 545 g/mol. The van der Waals surface area contributed by atoms with E-state index < -0.39 is 34.2 Å². The highest BCUT2D eigenvalue weighted by Gasteiger charge is 2.31. The van der Waals surface area contributed by atoms with Gasteiger partial charge in [-0.3, -0.25) is 9.63 Å². The predicted octanol–water partition coefficient (Wildman–Crippen LogP) is 6.26. The second-order valence-corrected chi connectivity index (χ2v) is 11.9. The molecule has 3 aromatic carbocycles. The van der Waals surface area contributed by atoms with E-state index in [0.717, 1.165) is 16.7 Å². The molecule has 0 radical (unpaired) electrons. The topological polar surface area (TPSA) is 82.1 Å². The fraction of sp³-hybridized carbons (Fsp3) is 0.321. The highest BCUT2D eigenvalue weighted by atomic mass is 35.5. The molecule has 0 spiro atoms. The molecule has 198 valence electrons. The summed E-state index contributed by atoms with van der Waals surface area (Å²) in [5.41, 5.74) is 1.98. The molecule has 9 heteroatoms. The number of hydroxylamine groups is 1. The van der Waals surface area contributed by atoms with Crippen LogP contribution in [0, 0.1) is 0 Å². The van der Waals surface area contributed by atoms with Gasteiger partial charge >= 0.3 is 5.97 Å². The van der Waals surface area contributed by atoms with E-state index in [-0.39, 0.29) is 4.90 Å². The summed E-state index contributed by atoms with van der Waals surface area (Å²) in [5.74, 6) is 0.00762. The molecule has 7 nitrogen and oxygen atoms in total. The lowest BCUT2D eigenvalue weighted by molar-refractivity contribution is -0.170. The summed E-state index contributed by atoms with van der Waals surface area (Å²) < 4.78 is 38.3. The maximum Gasteiger partial charge on any atom is 0.324 e. The summed E-state index contributed by atoms with van der Waals surface area (Å²) in [6, 6.07) is 21.4. The van der Waals surface area contributed by atoms with Crippen LogP contribution in [-0.2, 0) is 31.0 Å². The number of nitrogens with zero attached hydrogens (tertiary/aromatic N) is 1. The number of carbonyl (C=O) groups is 1. The van der Waals surface area contributed by atoms with Crippen LogP contribution in [0.25, 0.3) is 11.1 Å². The van der Waals surface area contributed by atoms with Gasteiger partial charge in [-0.25, -0.2) is 8.42 Å². The summed E-state index contributed by atoms with van der Waals surface area (Å²) in [7, 11) is -4.11. The van der Waals surface area contributed by atoms with E-state index in [1.807, 2.05) is 48.5 Å². The average Bonchev–Trinajstić information content (AvgIpc) is 2.82. The highest BCUT2D eigenvalue weighted by molar-refractivity contribution is 7.89. The number of benzene rings is 3. The van der Waals surface area contributed by atoms with E-state index in [9.17, 15) is 13.2 Å². The van der Waals surface area contributed by atoms with Crippen LogP contribution in [0.2, 0.25) is 5.02 Å². The van der Waals surface area contributed by atoms with Gasteiger partial charge in [0.15, 0.2) is 0 Å². The molecule has 0 aromatic heterocycles. The minimum atomic E-state index is -4.11. The Balaban J connectivity index is 1.71. The van der Waals surface area contributed by atoms with Crippen molar-refractivity contribution < 1.29 is 27.5 Å². The van der Waals surface area contributed by atoms with Gasteiger partial charge in [-0.15, -0.1) is 0 Å². The van der Waals surface area contributed by atoms with Gasteiger partial charge < -0.3 is 9.47 Å². The lowest BCUT2D eigenvalue weighted by Crippen LogP contribution is -2.40. The lowest BCUT2D eigenvalue weighted by atomic mass is 10.1. The van der Waals surface area contributed by atoms with Crippen LogP contribution >= 0.6 is 11.6 Å². The Kier molecular flexibility index (Phi) is 9.36. The summed E-state index contributed by atoms with van der Waals surface area (Å²) in [5, 5.41) is 0.676. The fourth-order valence-corrected chi connectivity index (χ4v) is 4.72. The highest BCUT2D eigenvalue weighted by Crippen LogP contribution is 2.26. The van der Waals surface area contributed by atoms with Gasteiger partial charge in [0.2, 0.25) is 0 Å². The van der Waals surface area contributed by atoms with Crippen molar-refractivity contribution in [3.63, 3.8) is 0 Å². The molecule has 37 heavy (non-hydrogen) atoms. The van der Waals surface area contributed by atoms with Crippen molar-refractivity contribution in [2.75, 3.05) is 6.54 Å². The van der Waals surface area contributed by atoms with Crippen LogP contribution in [0.3, 0.4) is 0 Å². The molecule has 0 saturated heterocycles. The second kappa shape index (κ2) is 12.1. The molecular weight excluding hydrogens is 514 g/mol. The molecule has 0 fully saturated rings. The Labute approximate surface area is 223 Å². The van der Waals surface area contributed by atoms with Crippen molar-refractivity contribution in [3.05, 3.63) is 83.4 Å². The van der Waals surface area contributed by atoms with Crippen molar-refractivity contribution in [1.29, 1.82) is 0 Å². The predicted molar refractivity (Wildman–Crippen MR) is 144 cm³/mol. The van der Waals surface area contributed by atoms with Gasteiger partial charge in [-0.05, 0) is 87.7 Å². The van der Waals surface area contributed by atoms with Crippen molar-refractivity contribution >= 4 is 27.6 Å². The number of halogens is 1. The van der Waals surface area contributed by atoms with Crippen LogP contribution in [0.1, 0.15) is 40.2 Å². The van der Waals surface area contributed by atoms with E-state index in [2.05, 4.69) is 0 Å². The van der Waals surface area contributed by atoms with Crippen LogP contribution in [0.5, 0.6) is 5.75 Å². The van der Waals surface area contributed by atoms with Crippen molar-refractivity contribution in [2.45, 2.75) is 57.8 Å². The maximum atomic E-state index is 13.2. The van der Waals surface area contributed by atoms with Crippen molar-refractivity contribution in [3.8, 4) is 16.9 Å². The summed E-state index contributed by atoms with van der Waals surface area (Å²) >= 11 is 5.91. The molecule has 0 heterocycles. The molecule has 0 aliphatic rings. The largest absolute Gasteiger partial charge is 0.489 e. The van der Waals surface area contributed by atoms with E-state index in [4.69, 9.17) is 25.9 Å². The zero-order valence-corrected chi connectivity index (χ0v) is 23.2. The van der Waals surface area contributed by atoms with Crippen molar-refractivity contribution in [1.82, 2.24) is 4.47 Å². The molecule has 0 atom stereocenters. The van der Waals surface area contributed by atoms with E-state index in [1.165, 1.54) is 12.1 Å². The minimum absolute atomic E-state index is 0.00313. The van der Waals surface area contributed by atoms with Gasteiger partial charge in [0.25, 0.3) is 10.0 Å². The minimum Gasteiger partial charge on any atom is -0.489 e. The van der Waals surface area contributed by atoms with Crippen LogP contribution in [-0.4, -0.2) is 37.1 Å². The third kappa shape index (κ3) is 8.57. The van der Waals surface area contributed by atoms with E-state index >= 15 is 0 Å². The van der Waals surface area contributed by atoms with E-state index in [0.29, 0.717) is 21.8 Å². The molecule has 0 bridgehead atoms. The first-order valence-corrected chi connectivity index (χ1v) is 13.6. The van der Waals surface area contributed by atoms with Gasteiger partial charge in [-0.2, -0.15) is 0 Å². The first-order chi connectivity index (χ1) is 17.3. The SMILES string of the molecule is CC(C)ON(CC(=O)OC(C)(C)C)S(=O)(=O)c1ccc(-c2ccc(OCc3ccc(Cl)cc3)cc2)cc1. The number of carbonyl (C=O) groups excluding carboxylic acids is 1. The second-order valence-electron chi connectivity index (χ2n) is 9.67. The molecule has 0 aliphatic carbocycles. The maximum absolute atomic E-state index is 13.2. The first-order valence-electron chi connectivity index (χ1n) is 11.8. The summed E-state index contributed by atoms with van der Waals surface area (Å²) in [6.07, 6.45) is -0.461. The Bertz CT molecular complexity index is 1280. The number of ether oxygens (including phenoxy) is 2. The smallest absolute Gasteiger partial charge is 0.324 e. The molecule has 0 aliphatic heterocycles. The Hall–Kier alpha value is -2.91. The summed E-state index contributed by atoms with van der Waals surface area (Å²) in [6.45, 7) is 8.36. The third-order valence-corrected chi connectivity index (χ3v) is 6.80. The average molecular weight is 546 g/mol. The zero-order valence-electron chi connectivity index (χ0n) is 21.6. The number of rotatable bonds is 10. The van der Waals surface area contributed by atoms with Crippen LogP contribution in [0.15, 0.2) is 77.7 Å². The molecule has 0 saturated carbocycles. The molecule has 3 aromatic rings. The van der Waals surface area contributed by atoms with Gasteiger partial charge in [0.05, 0.1) is 11.0 Å². The van der Waals surface area contributed by atoms with Gasteiger partial charge in [0.1, 0.15) is 24.5 Å². The van der Waals surface area contributed by atoms with Gasteiger partial charge in [0, 0.05) is 5.02 Å². The Morgan fingerprint density at radius 3 is 1.95 bits per heavy atom. The van der Waals surface area contributed by atoms with Crippen LogP contribution < -0.4 is 4.74 Å². The van der Waals surface area contributed by atoms with E-state index in [1.54, 1.807) is 46.8 Å².